The van der Waals surface area contributed by atoms with Crippen LogP contribution in [-0.2, 0) is 0 Å². The Kier molecular flexibility index (Phi) is 3.63. The maximum Gasteiger partial charge on any atom is 0.253 e. The number of hydrogen-bond donors (Lipinski definition) is 1. The van der Waals surface area contributed by atoms with Gasteiger partial charge in [0, 0.05) is 17.6 Å². The van der Waals surface area contributed by atoms with Crippen molar-refractivity contribution in [2.24, 2.45) is 0 Å². The van der Waals surface area contributed by atoms with E-state index in [1.807, 2.05) is 0 Å². The van der Waals surface area contributed by atoms with Gasteiger partial charge >= 0.3 is 0 Å². The summed E-state index contributed by atoms with van der Waals surface area (Å²) in [6.07, 6.45) is 2.35. The summed E-state index contributed by atoms with van der Waals surface area (Å²) in [7, 11) is 0. The lowest BCUT2D eigenvalue weighted by atomic mass is 10.1. The molecule has 1 aromatic heterocycles. The number of alkyl halides is 1. The van der Waals surface area contributed by atoms with Crippen LogP contribution in [0.2, 0.25) is 0 Å². The highest BCUT2D eigenvalue weighted by atomic mass is 35.5. The third kappa shape index (κ3) is 3.47. The summed E-state index contributed by atoms with van der Waals surface area (Å²) in [4.78, 5) is 15.2. The largest absolute Gasteiger partial charge is 0.346 e. The molecule has 15 heavy (non-hydrogen) atoms. The number of nitrogens with one attached hydrogen (secondary N) is 1. The van der Waals surface area contributed by atoms with Crippen LogP contribution in [0, 0.1) is 5.82 Å². The first kappa shape index (κ1) is 11.9. The molecule has 1 N–H and O–H groups in total. The Hall–Kier alpha value is -1.16. The van der Waals surface area contributed by atoms with E-state index in [1.165, 1.54) is 6.20 Å². The first-order valence-electron chi connectivity index (χ1n) is 4.44. The van der Waals surface area contributed by atoms with Crippen LogP contribution in [0.3, 0.4) is 0 Å². The molecule has 0 aliphatic heterocycles. The predicted molar refractivity (Wildman–Crippen MR) is 56.5 cm³/mol. The van der Waals surface area contributed by atoms with Crippen LogP contribution in [0.15, 0.2) is 18.5 Å². The van der Waals surface area contributed by atoms with Crippen molar-refractivity contribution in [1.29, 1.82) is 0 Å². The van der Waals surface area contributed by atoms with Gasteiger partial charge in [0.05, 0.1) is 11.8 Å². The maximum atomic E-state index is 12.8. The van der Waals surface area contributed by atoms with E-state index in [0.29, 0.717) is 0 Å². The fourth-order valence-corrected chi connectivity index (χ4v) is 1.02. The average molecular weight is 231 g/mol. The van der Waals surface area contributed by atoms with Crippen LogP contribution in [0.25, 0.3) is 0 Å². The Bertz CT molecular complexity index is 368. The number of carbonyl (C=O) groups is 1. The minimum Gasteiger partial charge on any atom is -0.346 e. The first-order valence-corrected chi connectivity index (χ1v) is 4.97. The van der Waals surface area contributed by atoms with Gasteiger partial charge in [0.25, 0.3) is 5.91 Å². The Morgan fingerprint density at radius 1 is 1.60 bits per heavy atom. The van der Waals surface area contributed by atoms with E-state index in [9.17, 15) is 9.18 Å². The summed E-state index contributed by atoms with van der Waals surface area (Å²) in [5.41, 5.74) is -0.335. The summed E-state index contributed by atoms with van der Waals surface area (Å²) in [5.74, 6) is -0.638. The molecule has 0 atom stereocenters. The molecule has 1 amide bonds. The van der Waals surface area contributed by atoms with E-state index in [-0.39, 0.29) is 17.4 Å². The SMILES string of the molecule is CC(C)(CCl)NC(=O)c1cncc(F)c1. The van der Waals surface area contributed by atoms with Gasteiger partial charge < -0.3 is 5.32 Å². The fourth-order valence-electron chi connectivity index (χ4n) is 0.949. The molecule has 0 saturated carbocycles. The van der Waals surface area contributed by atoms with Crippen molar-refractivity contribution in [2.45, 2.75) is 19.4 Å². The molecule has 0 saturated heterocycles. The highest BCUT2D eigenvalue weighted by molar-refractivity contribution is 6.18. The van der Waals surface area contributed by atoms with E-state index in [2.05, 4.69) is 10.3 Å². The number of halogens is 2. The molecule has 1 rings (SSSR count). The molecular formula is C10H12ClFN2O. The van der Waals surface area contributed by atoms with E-state index in [1.54, 1.807) is 13.8 Å². The van der Waals surface area contributed by atoms with Crippen LogP contribution in [0.5, 0.6) is 0 Å². The number of carbonyl (C=O) groups excluding carboxylic acids is 1. The quantitative estimate of drug-likeness (QED) is 0.807. The molecular weight excluding hydrogens is 219 g/mol. The lowest BCUT2D eigenvalue weighted by molar-refractivity contribution is 0.0919. The summed E-state index contributed by atoms with van der Waals surface area (Å²) in [6, 6.07) is 1.13. The normalized spacial score (nSPS) is 11.2. The van der Waals surface area contributed by atoms with Gasteiger partial charge in [0.1, 0.15) is 5.82 Å². The van der Waals surface area contributed by atoms with Crippen LogP contribution >= 0.6 is 11.6 Å². The molecule has 1 aromatic rings. The maximum absolute atomic E-state index is 12.8. The van der Waals surface area contributed by atoms with Crippen LogP contribution < -0.4 is 5.32 Å². The van der Waals surface area contributed by atoms with E-state index >= 15 is 0 Å². The average Bonchev–Trinajstić information content (AvgIpc) is 2.17. The number of rotatable bonds is 3. The number of amides is 1. The fraction of sp³-hybridized carbons (Fsp3) is 0.400. The van der Waals surface area contributed by atoms with Crippen molar-refractivity contribution < 1.29 is 9.18 Å². The van der Waals surface area contributed by atoms with Gasteiger partial charge in [-0.05, 0) is 19.9 Å². The molecule has 0 aromatic carbocycles. The van der Waals surface area contributed by atoms with Crippen LogP contribution in [0.1, 0.15) is 24.2 Å². The second kappa shape index (κ2) is 4.57. The smallest absolute Gasteiger partial charge is 0.253 e. The van der Waals surface area contributed by atoms with Crippen molar-refractivity contribution in [2.75, 3.05) is 5.88 Å². The Balaban J connectivity index is 2.78. The highest BCUT2D eigenvalue weighted by Crippen LogP contribution is 2.07. The molecule has 0 fully saturated rings. The number of nitrogens with zero attached hydrogens (tertiary/aromatic N) is 1. The third-order valence-corrected chi connectivity index (χ3v) is 2.42. The molecule has 0 bridgehead atoms. The number of pyridine rings is 1. The van der Waals surface area contributed by atoms with Gasteiger partial charge in [-0.1, -0.05) is 0 Å². The zero-order chi connectivity index (χ0) is 11.5. The number of hydrogen-bond acceptors (Lipinski definition) is 2. The molecule has 5 heteroatoms. The Labute approximate surface area is 92.7 Å². The summed E-state index contributed by atoms with van der Waals surface area (Å²) >= 11 is 5.65. The lowest BCUT2D eigenvalue weighted by Gasteiger charge is -2.23. The standard InChI is InChI=1S/C10H12ClFN2O/c1-10(2,6-11)14-9(15)7-3-8(12)5-13-4-7/h3-5H,6H2,1-2H3,(H,14,15). The van der Waals surface area contributed by atoms with Crippen molar-refractivity contribution in [1.82, 2.24) is 10.3 Å². The summed E-state index contributed by atoms with van der Waals surface area (Å²) in [5, 5.41) is 2.67. The Morgan fingerprint density at radius 2 is 2.27 bits per heavy atom. The Morgan fingerprint density at radius 3 is 2.80 bits per heavy atom. The summed E-state index contributed by atoms with van der Waals surface area (Å²) < 4.78 is 12.8. The lowest BCUT2D eigenvalue weighted by Crippen LogP contribution is -2.44. The second-order valence-electron chi connectivity index (χ2n) is 3.86. The molecule has 82 valence electrons. The van der Waals surface area contributed by atoms with E-state index in [0.717, 1.165) is 12.3 Å². The molecule has 0 radical (unpaired) electrons. The van der Waals surface area contributed by atoms with Crippen molar-refractivity contribution in [3.05, 3.63) is 29.8 Å². The van der Waals surface area contributed by atoms with Crippen molar-refractivity contribution >= 4 is 17.5 Å². The van der Waals surface area contributed by atoms with Gasteiger partial charge in [-0.15, -0.1) is 11.6 Å². The van der Waals surface area contributed by atoms with Gasteiger partial charge in [0.15, 0.2) is 0 Å². The topological polar surface area (TPSA) is 42.0 Å². The van der Waals surface area contributed by atoms with Gasteiger partial charge in [-0.25, -0.2) is 4.39 Å². The van der Waals surface area contributed by atoms with Gasteiger partial charge in [-0.2, -0.15) is 0 Å². The molecule has 0 spiro atoms. The molecule has 0 unspecified atom stereocenters. The molecule has 0 aliphatic carbocycles. The minimum atomic E-state index is -0.536. The zero-order valence-corrected chi connectivity index (χ0v) is 9.31. The zero-order valence-electron chi connectivity index (χ0n) is 8.55. The van der Waals surface area contributed by atoms with Crippen molar-refractivity contribution in [3.8, 4) is 0 Å². The molecule has 0 aliphatic rings. The second-order valence-corrected chi connectivity index (χ2v) is 4.13. The highest BCUT2D eigenvalue weighted by Gasteiger charge is 2.20. The van der Waals surface area contributed by atoms with Gasteiger partial charge in [-0.3, -0.25) is 9.78 Å². The molecule has 3 nitrogen and oxygen atoms in total. The molecule has 1 heterocycles. The van der Waals surface area contributed by atoms with Crippen LogP contribution in [0.4, 0.5) is 4.39 Å². The van der Waals surface area contributed by atoms with E-state index < -0.39 is 11.4 Å². The monoisotopic (exact) mass is 230 g/mol. The predicted octanol–water partition coefficient (Wildman–Crippen LogP) is 1.97. The minimum absolute atomic E-state index is 0.188. The number of aromatic nitrogens is 1. The van der Waals surface area contributed by atoms with Crippen molar-refractivity contribution in [3.63, 3.8) is 0 Å². The van der Waals surface area contributed by atoms with Crippen LogP contribution in [-0.4, -0.2) is 22.3 Å². The van der Waals surface area contributed by atoms with Gasteiger partial charge in [0.2, 0.25) is 0 Å². The summed E-state index contributed by atoms with van der Waals surface area (Å²) in [6.45, 7) is 3.56. The van der Waals surface area contributed by atoms with E-state index in [4.69, 9.17) is 11.6 Å². The first-order chi connectivity index (χ1) is 6.94. The third-order valence-electron chi connectivity index (χ3n) is 1.75.